The molecule has 1 aromatic carbocycles. The van der Waals surface area contributed by atoms with Gasteiger partial charge in [-0.05, 0) is 18.1 Å². The SMILES string of the molecule is COCCc1ccccc1NS(=O)(=O)CCNC(C)C. The van der Waals surface area contributed by atoms with E-state index < -0.39 is 10.0 Å². The second-order valence-electron chi connectivity index (χ2n) is 4.93. The number of sulfonamides is 1. The Bertz CT molecular complexity index is 501. The van der Waals surface area contributed by atoms with E-state index in [1.54, 1.807) is 13.2 Å². The quantitative estimate of drug-likeness (QED) is 0.727. The third-order valence-electron chi connectivity index (χ3n) is 2.78. The number of ether oxygens (including phenoxy) is 1. The summed E-state index contributed by atoms with van der Waals surface area (Å²) in [5.41, 5.74) is 1.57. The van der Waals surface area contributed by atoms with Gasteiger partial charge in [-0.25, -0.2) is 8.42 Å². The fraction of sp³-hybridized carbons (Fsp3) is 0.571. The Morgan fingerprint density at radius 2 is 1.95 bits per heavy atom. The minimum atomic E-state index is -3.33. The Morgan fingerprint density at radius 1 is 1.25 bits per heavy atom. The minimum Gasteiger partial charge on any atom is -0.384 e. The van der Waals surface area contributed by atoms with Gasteiger partial charge in [0.2, 0.25) is 10.0 Å². The number of rotatable bonds is 9. The molecule has 0 aromatic heterocycles. The molecular formula is C14H24N2O3S. The molecule has 0 bridgehead atoms. The Labute approximate surface area is 121 Å². The van der Waals surface area contributed by atoms with Crippen molar-refractivity contribution in [1.29, 1.82) is 0 Å². The fourth-order valence-electron chi connectivity index (χ4n) is 1.75. The standard InChI is InChI=1S/C14H24N2O3S/c1-12(2)15-9-11-20(17,18)16-14-7-5-4-6-13(14)8-10-19-3/h4-7,12,15-16H,8-11H2,1-3H3. The summed E-state index contributed by atoms with van der Waals surface area (Å²) >= 11 is 0. The molecule has 0 fully saturated rings. The molecule has 0 saturated carbocycles. The van der Waals surface area contributed by atoms with Gasteiger partial charge in [-0.1, -0.05) is 32.0 Å². The molecule has 20 heavy (non-hydrogen) atoms. The molecule has 1 rings (SSSR count). The number of hydrogen-bond acceptors (Lipinski definition) is 4. The summed E-state index contributed by atoms with van der Waals surface area (Å²) in [6.45, 7) is 4.97. The zero-order valence-corrected chi connectivity index (χ0v) is 13.2. The van der Waals surface area contributed by atoms with E-state index in [0.717, 1.165) is 5.56 Å². The summed E-state index contributed by atoms with van der Waals surface area (Å²) in [4.78, 5) is 0. The van der Waals surface area contributed by atoms with Crippen molar-refractivity contribution in [1.82, 2.24) is 5.32 Å². The minimum absolute atomic E-state index is 0.0593. The van der Waals surface area contributed by atoms with E-state index in [2.05, 4.69) is 10.0 Å². The topological polar surface area (TPSA) is 67.4 Å². The lowest BCUT2D eigenvalue weighted by molar-refractivity contribution is 0.202. The van der Waals surface area contributed by atoms with Crippen LogP contribution in [0.1, 0.15) is 19.4 Å². The molecular weight excluding hydrogens is 276 g/mol. The zero-order chi connectivity index (χ0) is 15.0. The number of benzene rings is 1. The lowest BCUT2D eigenvalue weighted by Crippen LogP contribution is -2.31. The Balaban J connectivity index is 2.66. The van der Waals surface area contributed by atoms with E-state index in [1.807, 2.05) is 32.0 Å². The van der Waals surface area contributed by atoms with E-state index >= 15 is 0 Å². The first-order valence-electron chi connectivity index (χ1n) is 6.75. The first-order chi connectivity index (χ1) is 9.44. The highest BCUT2D eigenvalue weighted by atomic mass is 32.2. The summed E-state index contributed by atoms with van der Waals surface area (Å²) in [5.74, 6) is 0.0593. The Morgan fingerprint density at radius 3 is 2.60 bits per heavy atom. The third-order valence-corrected chi connectivity index (χ3v) is 4.05. The summed E-state index contributed by atoms with van der Waals surface area (Å²) in [7, 11) is -1.70. The molecule has 0 aliphatic heterocycles. The van der Waals surface area contributed by atoms with Crippen molar-refractivity contribution in [2.45, 2.75) is 26.3 Å². The van der Waals surface area contributed by atoms with Crippen LogP contribution in [-0.4, -0.2) is 40.5 Å². The van der Waals surface area contributed by atoms with Crippen LogP contribution in [0, 0.1) is 0 Å². The van der Waals surface area contributed by atoms with Gasteiger partial charge in [-0.15, -0.1) is 0 Å². The average molecular weight is 300 g/mol. The largest absolute Gasteiger partial charge is 0.384 e. The number of para-hydroxylation sites is 1. The molecule has 0 amide bonds. The van der Waals surface area contributed by atoms with Gasteiger partial charge in [-0.2, -0.15) is 0 Å². The van der Waals surface area contributed by atoms with Gasteiger partial charge in [0.05, 0.1) is 18.0 Å². The Kier molecular flexibility index (Phi) is 6.98. The van der Waals surface area contributed by atoms with E-state index in [4.69, 9.17) is 4.74 Å². The summed E-state index contributed by atoms with van der Waals surface area (Å²) in [6.07, 6.45) is 0.680. The molecule has 2 N–H and O–H groups in total. The van der Waals surface area contributed by atoms with Crippen LogP contribution in [0.15, 0.2) is 24.3 Å². The molecule has 1 aromatic rings. The van der Waals surface area contributed by atoms with E-state index in [0.29, 0.717) is 25.3 Å². The van der Waals surface area contributed by atoms with Gasteiger partial charge < -0.3 is 10.1 Å². The van der Waals surface area contributed by atoms with E-state index in [9.17, 15) is 8.42 Å². The number of nitrogens with one attached hydrogen (secondary N) is 2. The summed E-state index contributed by atoms with van der Waals surface area (Å²) in [5, 5.41) is 3.10. The first-order valence-corrected chi connectivity index (χ1v) is 8.40. The first kappa shape index (κ1) is 16.9. The van der Waals surface area contributed by atoms with Crippen molar-refractivity contribution in [3.05, 3.63) is 29.8 Å². The van der Waals surface area contributed by atoms with Crippen LogP contribution in [0.4, 0.5) is 5.69 Å². The number of methoxy groups -OCH3 is 1. The summed E-state index contributed by atoms with van der Waals surface area (Å²) < 4.78 is 31.7. The molecule has 0 aliphatic carbocycles. The van der Waals surface area contributed by atoms with Crippen molar-refractivity contribution in [3.63, 3.8) is 0 Å². The maximum Gasteiger partial charge on any atom is 0.233 e. The second kappa shape index (κ2) is 8.24. The van der Waals surface area contributed by atoms with E-state index in [1.165, 1.54) is 0 Å². The van der Waals surface area contributed by atoms with Crippen LogP contribution in [0.5, 0.6) is 0 Å². The van der Waals surface area contributed by atoms with Crippen LogP contribution in [-0.2, 0) is 21.2 Å². The van der Waals surface area contributed by atoms with Gasteiger partial charge >= 0.3 is 0 Å². The monoisotopic (exact) mass is 300 g/mol. The second-order valence-corrected chi connectivity index (χ2v) is 6.77. The van der Waals surface area contributed by atoms with Crippen LogP contribution >= 0.6 is 0 Å². The predicted molar refractivity (Wildman–Crippen MR) is 82.6 cm³/mol. The highest BCUT2D eigenvalue weighted by Gasteiger charge is 2.12. The lowest BCUT2D eigenvalue weighted by atomic mass is 10.1. The molecule has 6 heteroatoms. The highest BCUT2D eigenvalue weighted by molar-refractivity contribution is 7.92. The summed E-state index contributed by atoms with van der Waals surface area (Å²) in [6, 6.07) is 7.67. The molecule has 0 radical (unpaired) electrons. The molecule has 5 nitrogen and oxygen atoms in total. The lowest BCUT2D eigenvalue weighted by Gasteiger charge is -2.13. The van der Waals surface area contributed by atoms with Crippen molar-refractivity contribution < 1.29 is 13.2 Å². The van der Waals surface area contributed by atoms with Gasteiger partial charge in [0.25, 0.3) is 0 Å². The molecule has 0 atom stereocenters. The van der Waals surface area contributed by atoms with Gasteiger partial charge in [0.15, 0.2) is 0 Å². The van der Waals surface area contributed by atoms with Crippen LogP contribution in [0.25, 0.3) is 0 Å². The van der Waals surface area contributed by atoms with Gasteiger partial charge in [0, 0.05) is 19.7 Å². The molecule has 0 saturated heterocycles. The smallest absolute Gasteiger partial charge is 0.233 e. The normalized spacial score (nSPS) is 11.8. The maximum absolute atomic E-state index is 12.0. The van der Waals surface area contributed by atoms with Crippen molar-refractivity contribution in [2.24, 2.45) is 0 Å². The molecule has 0 aliphatic rings. The number of anilines is 1. The van der Waals surface area contributed by atoms with Crippen molar-refractivity contribution in [2.75, 3.05) is 30.7 Å². The van der Waals surface area contributed by atoms with Gasteiger partial charge in [-0.3, -0.25) is 4.72 Å². The van der Waals surface area contributed by atoms with E-state index in [-0.39, 0.29) is 11.8 Å². The average Bonchev–Trinajstić information content (AvgIpc) is 2.36. The van der Waals surface area contributed by atoms with Crippen LogP contribution < -0.4 is 10.0 Å². The van der Waals surface area contributed by atoms with Gasteiger partial charge in [0.1, 0.15) is 0 Å². The predicted octanol–water partition coefficient (Wildman–Crippen LogP) is 1.62. The van der Waals surface area contributed by atoms with Crippen LogP contribution in [0.3, 0.4) is 0 Å². The molecule has 0 unspecified atom stereocenters. The Hall–Kier alpha value is -1.11. The molecule has 114 valence electrons. The maximum atomic E-state index is 12.0. The molecule has 0 heterocycles. The number of hydrogen-bond donors (Lipinski definition) is 2. The van der Waals surface area contributed by atoms with Crippen LogP contribution in [0.2, 0.25) is 0 Å². The van der Waals surface area contributed by atoms with Crippen molar-refractivity contribution >= 4 is 15.7 Å². The third kappa shape index (κ3) is 6.36. The fourth-order valence-corrected chi connectivity index (χ4v) is 2.77. The van der Waals surface area contributed by atoms with Crippen molar-refractivity contribution in [3.8, 4) is 0 Å². The highest BCUT2D eigenvalue weighted by Crippen LogP contribution is 2.17. The zero-order valence-electron chi connectivity index (χ0n) is 12.3. The molecule has 0 spiro atoms.